The number of aryl methyl sites for hydroxylation is 1. The van der Waals surface area contributed by atoms with Crippen molar-refractivity contribution in [1.82, 2.24) is 20.2 Å². The molecule has 5 aliphatic rings. The minimum atomic E-state index is -2.67. The zero-order valence-electron chi connectivity index (χ0n) is 27.3. The van der Waals surface area contributed by atoms with Gasteiger partial charge in [0.2, 0.25) is 0 Å². The number of rotatable bonds is 5. The molecule has 5 fully saturated rings. The summed E-state index contributed by atoms with van der Waals surface area (Å²) in [5.74, 6) is -0.856. The van der Waals surface area contributed by atoms with E-state index in [-0.39, 0.29) is 70.0 Å². The van der Waals surface area contributed by atoms with Gasteiger partial charge in [-0.2, -0.15) is 9.97 Å². The number of fused-ring (bicyclic) bond motifs is 7. The lowest BCUT2D eigenvalue weighted by molar-refractivity contribution is -0.0132. The molecule has 8 nitrogen and oxygen atoms in total. The first-order valence-electron chi connectivity index (χ1n) is 17.1. The van der Waals surface area contributed by atoms with Gasteiger partial charge < -0.3 is 24.5 Å². The second-order valence-electron chi connectivity index (χ2n) is 15.1. The number of piperazine rings is 1. The summed E-state index contributed by atoms with van der Waals surface area (Å²) in [7, 11) is 0. The summed E-state index contributed by atoms with van der Waals surface area (Å²) >= 11 is 0. The second kappa shape index (κ2) is 10.0. The second-order valence-corrected chi connectivity index (χ2v) is 15.1. The number of phenols is 1. The van der Waals surface area contributed by atoms with Gasteiger partial charge >= 0.3 is 6.01 Å². The molecule has 1 aliphatic carbocycles. The quantitative estimate of drug-likeness (QED) is 0.157. The number of hydrogen-bond donors (Lipinski definition) is 2. The van der Waals surface area contributed by atoms with E-state index < -0.39 is 28.5 Å². The lowest BCUT2D eigenvalue weighted by Gasteiger charge is -2.47. The monoisotopic (exact) mass is 683 g/mol. The van der Waals surface area contributed by atoms with Crippen LogP contribution in [0.25, 0.3) is 43.8 Å². The Hall–Kier alpha value is -4.60. The molecular formula is C38H33F4N5O3. The van der Waals surface area contributed by atoms with Crippen LogP contribution in [0, 0.1) is 36.3 Å². The Bertz CT molecular complexity index is 2340. The minimum Gasteiger partial charge on any atom is -0.508 e. The topological polar surface area (TPSA) is 86.9 Å². The molecule has 4 saturated heterocycles. The number of phenolic OH excluding ortho intramolecular Hbond substituents is 1. The molecule has 4 unspecified atom stereocenters. The zero-order valence-corrected chi connectivity index (χ0v) is 27.3. The van der Waals surface area contributed by atoms with Crippen LogP contribution in [0.2, 0.25) is 0 Å². The molecular weight excluding hydrogens is 650 g/mol. The van der Waals surface area contributed by atoms with Gasteiger partial charge in [0.05, 0.1) is 27.5 Å². The number of nitrogens with one attached hydrogen (secondary N) is 1. The number of hydrogen-bond acceptors (Lipinski definition) is 8. The van der Waals surface area contributed by atoms with Crippen molar-refractivity contribution in [2.75, 3.05) is 37.7 Å². The molecule has 1 spiro atoms. The van der Waals surface area contributed by atoms with Crippen LogP contribution in [0.15, 0.2) is 34.7 Å². The molecule has 0 amide bonds. The summed E-state index contributed by atoms with van der Waals surface area (Å²) in [6, 6.07) is 7.72. The van der Waals surface area contributed by atoms with Crippen LogP contribution in [0.1, 0.15) is 43.4 Å². The highest BCUT2D eigenvalue weighted by atomic mass is 19.3. The van der Waals surface area contributed by atoms with Gasteiger partial charge in [0.25, 0.3) is 5.92 Å². The fraction of sp³-hybridized carbons (Fsp3) is 0.421. The van der Waals surface area contributed by atoms with E-state index in [4.69, 9.17) is 20.6 Å². The summed E-state index contributed by atoms with van der Waals surface area (Å²) in [5.41, 5.74) is -1.34. The predicted octanol–water partition coefficient (Wildman–Crippen LogP) is 6.66. The molecule has 10 rings (SSSR count). The number of aromatic nitrogens is 2. The number of terminal acetylenes is 1. The number of benzene rings is 3. The fourth-order valence-electron chi connectivity index (χ4n) is 9.45. The summed E-state index contributed by atoms with van der Waals surface area (Å²) in [5, 5.41) is 16.1. The van der Waals surface area contributed by atoms with Crippen molar-refractivity contribution in [2.24, 2.45) is 5.41 Å². The summed E-state index contributed by atoms with van der Waals surface area (Å²) in [4.78, 5) is 13.8. The maximum Gasteiger partial charge on any atom is 0.319 e. The van der Waals surface area contributed by atoms with Crippen LogP contribution in [0.4, 0.5) is 23.4 Å². The molecule has 50 heavy (non-hydrogen) atoms. The molecule has 1 saturated carbocycles. The fourth-order valence-corrected chi connectivity index (χ4v) is 9.45. The maximum atomic E-state index is 17.5. The Balaban J connectivity index is 1.18. The van der Waals surface area contributed by atoms with Gasteiger partial charge in [-0.05, 0) is 62.3 Å². The molecule has 2 bridgehead atoms. The Morgan fingerprint density at radius 1 is 1.10 bits per heavy atom. The van der Waals surface area contributed by atoms with Crippen molar-refractivity contribution < 1.29 is 31.8 Å². The van der Waals surface area contributed by atoms with E-state index in [0.717, 1.165) is 25.8 Å². The number of nitrogens with zero attached hydrogens (tertiary/aromatic N) is 4. The van der Waals surface area contributed by atoms with E-state index >= 15 is 8.78 Å². The van der Waals surface area contributed by atoms with Crippen LogP contribution in [-0.2, 0) is 0 Å². The molecule has 2 N–H and O–H groups in total. The van der Waals surface area contributed by atoms with E-state index in [1.807, 2.05) is 0 Å². The Labute approximate surface area is 284 Å². The van der Waals surface area contributed by atoms with Gasteiger partial charge in [-0.15, -0.1) is 6.42 Å². The SMILES string of the molecule is C#Cc1c(F)ccc2cc(O)cc(-c3c(F)c4nc(OCC56CCN5CC5(C6)CC5(F)F)nc(N5CC6CCC(C5)N6)c4c4cc(C)oc34)c12. The average Bonchev–Trinajstić information content (AvgIpc) is 3.35. The average molecular weight is 684 g/mol. The van der Waals surface area contributed by atoms with Crippen LogP contribution in [0.5, 0.6) is 11.8 Å². The number of halogens is 4. The summed E-state index contributed by atoms with van der Waals surface area (Å²) in [6.45, 7) is 4.20. The van der Waals surface area contributed by atoms with E-state index in [2.05, 4.69) is 26.0 Å². The van der Waals surface area contributed by atoms with Crippen molar-refractivity contribution in [3.63, 3.8) is 0 Å². The Morgan fingerprint density at radius 3 is 2.58 bits per heavy atom. The maximum absolute atomic E-state index is 17.5. The molecule has 6 heterocycles. The molecule has 0 radical (unpaired) electrons. The Morgan fingerprint density at radius 2 is 1.88 bits per heavy atom. The lowest BCUT2D eigenvalue weighted by atomic mass is 9.83. The number of alkyl halides is 2. The van der Waals surface area contributed by atoms with Gasteiger partial charge in [-0.3, -0.25) is 4.90 Å². The van der Waals surface area contributed by atoms with Crippen molar-refractivity contribution in [1.29, 1.82) is 0 Å². The summed E-state index contributed by atoms with van der Waals surface area (Å²) < 4.78 is 74.0. The van der Waals surface area contributed by atoms with Crippen molar-refractivity contribution in [3.8, 4) is 35.2 Å². The summed E-state index contributed by atoms with van der Waals surface area (Å²) in [6.07, 6.45) is 8.75. The highest BCUT2D eigenvalue weighted by Gasteiger charge is 2.78. The first-order chi connectivity index (χ1) is 24.0. The van der Waals surface area contributed by atoms with Crippen LogP contribution in [-0.4, -0.2) is 76.3 Å². The third-order valence-corrected chi connectivity index (χ3v) is 12.0. The first-order valence-corrected chi connectivity index (χ1v) is 17.1. The third kappa shape index (κ3) is 4.13. The third-order valence-electron chi connectivity index (χ3n) is 12.0. The van der Waals surface area contributed by atoms with Gasteiger partial charge in [0.1, 0.15) is 40.9 Å². The molecule has 4 atom stereocenters. The Kier molecular flexibility index (Phi) is 6.06. The van der Waals surface area contributed by atoms with Gasteiger partial charge in [-0.1, -0.05) is 12.0 Å². The normalized spacial score (nSPS) is 28.0. The predicted molar refractivity (Wildman–Crippen MR) is 180 cm³/mol. The number of ether oxygens (including phenoxy) is 1. The standard InChI is InChI=1S/C38H33F4N5O3/c1-3-24-27(39)7-4-20-11-23(48)12-25(28(20)24)29-31(40)32-30(26-10-19(2)50-33(26)29)34(46-13-21-5-6-22(14-46)43-21)45-35(44-32)49-18-37-8-9-47(37)17-36(15-37)16-38(36,41)42/h1,4,7,10-12,21-22,43,48H,5-6,8-9,13-18H2,2H3. The minimum absolute atomic E-state index is 0.0305. The van der Waals surface area contributed by atoms with E-state index in [9.17, 15) is 13.9 Å². The van der Waals surface area contributed by atoms with Gasteiger partial charge in [-0.25, -0.2) is 17.6 Å². The molecule has 2 aromatic heterocycles. The van der Waals surface area contributed by atoms with Crippen molar-refractivity contribution in [2.45, 2.75) is 62.6 Å². The highest BCUT2D eigenvalue weighted by molar-refractivity contribution is 6.18. The molecule has 3 aromatic carbocycles. The molecule has 12 heteroatoms. The number of aromatic hydroxyl groups is 1. The lowest BCUT2D eigenvalue weighted by Crippen LogP contribution is -2.59. The van der Waals surface area contributed by atoms with Crippen LogP contribution >= 0.6 is 0 Å². The zero-order chi connectivity index (χ0) is 34.3. The van der Waals surface area contributed by atoms with Crippen molar-refractivity contribution in [3.05, 3.63) is 53.3 Å². The molecule has 256 valence electrons. The largest absolute Gasteiger partial charge is 0.508 e. The van der Waals surface area contributed by atoms with E-state index in [0.29, 0.717) is 53.8 Å². The van der Waals surface area contributed by atoms with Crippen molar-refractivity contribution >= 4 is 38.5 Å². The number of anilines is 1. The first kappa shape index (κ1) is 30.2. The van der Waals surface area contributed by atoms with Crippen LogP contribution in [0.3, 0.4) is 0 Å². The highest BCUT2D eigenvalue weighted by Crippen LogP contribution is 2.70. The number of furan rings is 1. The smallest absolute Gasteiger partial charge is 0.319 e. The van der Waals surface area contributed by atoms with Crippen LogP contribution < -0.4 is 15.0 Å². The van der Waals surface area contributed by atoms with E-state index in [1.165, 1.54) is 24.3 Å². The van der Waals surface area contributed by atoms with Gasteiger partial charge in [0, 0.05) is 61.0 Å². The molecule has 4 aliphatic heterocycles. The van der Waals surface area contributed by atoms with Gasteiger partial charge in [0.15, 0.2) is 5.82 Å². The molecule has 5 aromatic rings. The van der Waals surface area contributed by atoms with E-state index in [1.54, 1.807) is 13.0 Å².